The van der Waals surface area contributed by atoms with Gasteiger partial charge < -0.3 is 9.64 Å². The van der Waals surface area contributed by atoms with Gasteiger partial charge in [-0.1, -0.05) is 0 Å². The first kappa shape index (κ1) is 15.1. The van der Waals surface area contributed by atoms with Gasteiger partial charge in [0.1, 0.15) is 5.82 Å². The summed E-state index contributed by atoms with van der Waals surface area (Å²) in [6.07, 6.45) is 0.147. The van der Waals surface area contributed by atoms with Crippen molar-refractivity contribution in [2.45, 2.75) is 26.7 Å². The van der Waals surface area contributed by atoms with E-state index in [0.717, 1.165) is 0 Å². The zero-order chi connectivity index (χ0) is 14.3. The Balaban J connectivity index is 2.61. The second-order valence-corrected chi connectivity index (χ2v) is 3.92. The molecular weight excluding hydrogens is 249 g/mol. The Hall–Kier alpha value is -1.91. The van der Waals surface area contributed by atoms with Crippen molar-refractivity contribution in [2.24, 2.45) is 0 Å². The smallest absolute Gasteiger partial charge is 0.306 e. The minimum Gasteiger partial charge on any atom is -0.466 e. The second-order valence-electron chi connectivity index (χ2n) is 3.92. The lowest BCUT2D eigenvalue weighted by Crippen LogP contribution is -2.30. The summed E-state index contributed by atoms with van der Waals surface area (Å²) in [5.41, 5.74) is 0.623. The van der Waals surface area contributed by atoms with Gasteiger partial charge in [-0.05, 0) is 38.1 Å². The molecule has 0 fully saturated rings. The van der Waals surface area contributed by atoms with Gasteiger partial charge in [-0.2, -0.15) is 0 Å². The molecule has 0 saturated heterocycles. The molecule has 0 bridgehead atoms. The van der Waals surface area contributed by atoms with Crippen molar-refractivity contribution < 1.29 is 18.7 Å². The number of hydrogen-bond acceptors (Lipinski definition) is 3. The van der Waals surface area contributed by atoms with Crippen LogP contribution in [0.4, 0.5) is 10.1 Å². The van der Waals surface area contributed by atoms with E-state index in [2.05, 4.69) is 0 Å². The Morgan fingerprint density at radius 1 is 1.16 bits per heavy atom. The molecule has 0 unspecified atom stereocenters. The molecule has 0 aliphatic heterocycles. The van der Waals surface area contributed by atoms with Gasteiger partial charge in [-0.3, -0.25) is 9.59 Å². The molecule has 1 rings (SSSR count). The maximum atomic E-state index is 12.8. The number of anilines is 1. The summed E-state index contributed by atoms with van der Waals surface area (Å²) in [6, 6.07) is 5.69. The first-order chi connectivity index (χ1) is 9.08. The van der Waals surface area contributed by atoms with Crippen LogP contribution < -0.4 is 4.90 Å². The van der Waals surface area contributed by atoms with Gasteiger partial charge in [0.2, 0.25) is 5.91 Å². The van der Waals surface area contributed by atoms with Crippen LogP contribution in [0.1, 0.15) is 26.7 Å². The SMILES string of the molecule is CCOC(=O)CCC(=O)N(CC)c1ccc(F)cc1. The number of rotatable bonds is 6. The highest BCUT2D eigenvalue weighted by Gasteiger charge is 2.15. The third kappa shape index (κ3) is 4.69. The Bertz CT molecular complexity index is 431. The molecular formula is C14H18FNO3. The van der Waals surface area contributed by atoms with Gasteiger partial charge in [0.15, 0.2) is 0 Å². The van der Waals surface area contributed by atoms with Gasteiger partial charge in [0, 0.05) is 18.7 Å². The molecule has 1 amide bonds. The van der Waals surface area contributed by atoms with Crippen molar-refractivity contribution >= 4 is 17.6 Å². The van der Waals surface area contributed by atoms with Crippen LogP contribution in [-0.2, 0) is 14.3 Å². The predicted octanol–water partition coefficient (Wildman–Crippen LogP) is 2.52. The van der Waals surface area contributed by atoms with Gasteiger partial charge >= 0.3 is 5.97 Å². The van der Waals surface area contributed by atoms with Crippen LogP contribution in [0, 0.1) is 5.82 Å². The van der Waals surface area contributed by atoms with E-state index in [-0.39, 0.29) is 30.5 Å². The summed E-state index contributed by atoms with van der Waals surface area (Å²) < 4.78 is 17.6. The van der Waals surface area contributed by atoms with Crippen molar-refractivity contribution in [1.82, 2.24) is 0 Å². The first-order valence-corrected chi connectivity index (χ1v) is 6.30. The van der Waals surface area contributed by atoms with Crippen LogP contribution in [0.5, 0.6) is 0 Å². The predicted molar refractivity (Wildman–Crippen MR) is 70.3 cm³/mol. The quantitative estimate of drug-likeness (QED) is 0.744. The number of nitrogens with zero attached hydrogens (tertiary/aromatic N) is 1. The highest BCUT2D eigenvalue weighted by molar-refractivity contribution is 5.94. The van der Waals surface area contributed by atoms with Gasteiger partial charge in [0.05, 0.1) is 13.0 Å². The normalized spacial score (nSPS) is 10.1. The maximum Gasteiger partial charge on any atom is 0.306 e. The molecule has 4 nitrogen and oxygen atoms in total. The van der Waals surface area contributed by atoms with Crippen molar-refractivity contribution in [2.75, 3.05) is 18.1 Å². The Labute approximate surface area is 112 Å². The molecule has 0 saturated carbocycles. The fraction of sp³-hybridized carbons (Fsp3) is 0.429. The third-order valence-electron chi connectivity index (χ3n) is 2.60. The summed E-state index contributed by atoms with van der Waals surface area (Å²) in [5, 5.41) is 0. The van der Waals surface area contributed by atoms with Crippen LogP contribution in [0.15, 0.2) is 24.3 Å². The molecule has 0 aromatic heterocycles. The molecule has 0 spiro atoms. The first-order valence-electron chi connectivity index (χ1n) is 6.30. The largest absolute Gasteiger partial charge is 0.466 e. The number of hydrogen-bond donors (Lipinski definition) is 0. The fourth-order valence-electron chi connectivity index (χ4n) is 1.70. The standard InChI is InChI=1S/C14H18FNO3/c1-3-16(12-7-5-11(15)6-8-12)13(17)9-10-14(18)19-4-2/h5-8H,3-4,9-10H2,1-2H3. The number of ether oxygens (including phenoxy) is 1. The molecule has 0 aliphatic carbocycles. The maximum absolute atomic E-state index is 12.8. The van der Waals surface area contributed by atoms with Crippen molar-refractivity contribution in [1.29, 1.82) is 0 Å². The lowest BCUT2D eigenvalue weighted by atomic mass is 10.2. The molecule has 104 valence electrons. The van der Waals surface area contributed by atoms with E-state index in [9.17, 15) is 14.0 Å². The van der Waals surface area contributed by atoms with Crippen LogP contribution in [-0.4, -0.2) is 25.0 Å². The lowest BCUT2D eigenvalue weighted by molar-refractivity contribution is -0.144. The molecule has 0 atom stereocenters. The highest BCUT2D eigenvalue weighted by Crippen LogP contribution is 2.16. The number of esters is 1. The average Bonchev–Trinajstić information content (AvgIpc) is 2.40. The van der Waals surface area contributed by atoms with E-state index in [0.29, 0.717) is 18.8 Å². The summed E-state index contributed by atoms with van der Waals surface area (Å²) in [4.78, 5) is 24.7. The van der Waals surface area contributed by atoms with E-state index in [4.69, 9.17) is 4.74 Å². The van der Waals surface area contributed by atoms with E-state index in [1.807, 2.05) is 6.92 Å². The van der Waals surface area contributed by atoms with Crippen molar-refractivity contribution in [3.8, 4) is 0 Å². The molecule has 0 radical (unpaired) electrons. The lowest BCUT2D eigenvalue weighted by Gasteiger charge is -2.20. The Morgan fingerprint density at radius 2 is 1.79 bits per heavy atom. The number of halogens is 1. The molecule has 0 N–H and O–H groups in total. The van der Waals surface area contributed by atoms with E-state index >= 15 is 0 Å². The topological polar surface area (TPSA) is 46.6 Å². The molecule has 0 aliphatic rings. The van der Waals surface area contributed by atoms with Gasteiger partial charge in [-0.25, -0.2) is 4.39 Å². The Kier molecular flexibility index (Phi) is 5.99. The summed E-state index contributed by atoms with van der Waals surface area (Å²) in [5.74, 6) is -0.910. The van der Waals surface area contributed by atoms with Gasteiger partial charge in [0.25, 0.3) is 0 Å². The highest BCUT2D eigenvalue weighted by atomic mass is 19.1. The molecule has 1 aromatic carbocycles. The number of carbonyl (C=O) groups is 2. The van der Waals surface area contributed by atoms with Crippen LogP contribution in [0.3, 0.4) is 0 Å². The summed E-state index contributed by atoms with van der Waals surface area (Å²) >= 11 is 0. The Morgan fingerprint density at radius 3 is 2.32 bits per heavy atom. The molecule has 1 aromatic rings. The minimum atomic E-state index is -0.383. The fourth-order valence-corrected chi connectivity index (χ4v) is 1.70. The van der Waals surface area contributed by atoms with Crippen LogP contribution in [0.2, 0.25) is 0 Å². The minimum absolute atomic E-state index is 0.0599. The van der Waals surface area contributed by atoms with Crippen LogP contribution in [0.25, 0.3) is 0 Å². The monoisotopic (exact) mass is 267 g/mol. The zero-order valence-electron chi connectivity index (χ0n) is 11.2. The number of benzene rings is 1. The molecule has 0 heterocycles. The summed E-state index contributed by atoms with van der Waals surface area (Å²) in [6.45, 7) is 4.32. The van der Waals surface area contributed by atoms with Gasteiger partial charge in [-0.15, -0.1) is 0 Å². The zero-order valence-corrected chi connectivity index (χ0v) is 11.2. The van der Waals surface area contributed by atoms with Crippen molar-refractivity contribution in [3.63, 3.8) is 0 Å². The van der Waals surface area contributed by atoms with Crippen molar-refractivity contribution in [3.05, 3.63) is 30.1 Å². The second kappa shape index (κ2) is 7.51. The van der Waals surface area contributed by atoms with E-state index in [1.54, 1.807) is 19.1 Å². The van der Waals surface area contributed by atoms with E-state index in [1.165, 1.54) is 17.0 Å². The number of amides is 1. The van der Waals surface area contributed by atoms with E-state index < -0.39 is 0 Å². The molecule has 19 heavy (non-hydrogen) atoms. The number of carbonyl (C=O) groups excluding carboxylic acids is 2. The van der Waals surface area contributed by atoms with Crippen LogP contribution >= 0.6 is 0 Å². The average molecular weight is 267 g/mol. The summed E-state index contributed by atoms with van der Waals surface area (Å²) in [7, 11) is 0. The molecule has 5 heteroatoms. The third-order valence-corrected chi connectivity index (χ3v) is 2.60.